The minimum absolute atomic E-state index is 0.0223. The molecule has 4 nitrogen and oxygen atoms in total. The van der Waals surface area contributed by atoms with Crippen molar-refractivity contribution in [1.82, 2.24) is 9.88 Å². The second kappa shape index (κ2) is 3.47. The molecule has 1 fully saturated rings. The Morgan fingerprint density at radius 3 is 2.84 bits per heavy atom. The van der Waals surface area contributed by atoms with Gasteiger partial charge < -0.3 is 4.98 Å². The molecule has 0 spiro atoms. The average Bonchev–Trinajstić information content (AvgIpc) is 2.91. The zero-order valence-corrected chi connectivity index (χ0v) is 10.6. The van der Waals surface area contributed by atoms with E-state index in [1.807, 2.05) is 24.3 Å². The minimum Gasteiger partial charge on any atom is -0.358 e. The molecule has 0 saturated carbocycles. The van der Waals surface area contributed by atoms with Crippen LogP contribution >= 0.6 is 0 Å². The summed E-state index contributed by atoms with van der Waals surface area (Å²) < 4.78 is 0. The topological polar surface area (TPSA) is 53.2 Å². The molecule has 0 radical (unpaired) electrons. The van der Waals surface area contributed by atoms with Crippen LogP contribution in [0.3, 0.4) is 0 Å². The molecule has 2 atom stereocenters. The molecule has 4 rings (SSSR count). The maximum atomic E-state index is 12.3. The van der Waals surface area contributed by atoms with Crippen LogP contribution in [0.15, 0.2) is 24.3 Å². The smallest absolute Gasteiger partial charge is 0.237 e. The number of amides is 2. The first-order chi connectivity index (χ1) is 9.18. The number of aromatic nitrogens is 1. The van der Waals surface area contributed by atoms with Gasteiger partial charge in [0.2, 0.25) is 11.8 Å². The number of carbonyl (C=O) groups excluding carboxylic acids is 2. The van der Waals surface area contributed by atoms with Crippen LogP contribution in [-0.2, 0) is 16.0 Å². The Morgan fingerprint density at radius 2 is 2.00 bits per heavy atom. The van der Waals surface area contributed by atoms with Crippen LogP contribution in [0.25, 0.3) is 10.9 Å². The highest BCUT2D eigenvalue weighted by Crippen LogP contribution is 2.45. The number of nitrogens with one attached hydrogen (secondary N) is 1. The zero-order valence-electron chi connectivity index (χ0n) is 10.6. The van der Waals surface area contributed by atoms with Crippen LogP contribution < -0.4 is 0 Å². The number of aromatic amines is 1. The van der Waals surface area contributed by atoms with Crippen LogP contribution in [-0.4, -0.2) is 28.7 Å². The van der Waals surface area contributed by atoms with Crippen molar-refractivity contribution in [2.75, 3.05) is 7.05 Å². The average molecular weight is 254 g/mol. The van der Waals surface area contributed by atoms with E-state index in [9.17, 15) is 9.59 Å². The van der Waals surface area contributed by atoms with Crippen LogP contribution in [0, 0.1) is 5.92 Å². The number of fused-ring (bicyclic) bond motifs is 5. The molecule has 1 aromatic heterocycles. The summed E-state index contributed by atoms with van der Waals surface area (Å²) in [6.07, 6.45) is 1.61. The third-order valence-electron chi connectivity index (χ3n) is 4.49. The van der Waals surface area contributed by atoms with E-state index in [2.05, 4.69) is 4.98 Å². The number of aryl methyl sites for hydroxylation is 1. The molecule has 1 N–H and O–H groups in total. The Kier molecular flexibility index (Phi) is 1.97. The van der Waals surface area contributed by atoms with Gasteiger partial charge in [-0.3, -0.25) is 14.5 Å². The summed E-state index contributed by atoms with van der Waals surface area (Å²) in [5, 5.41) is 1.09. The summed E-state index contributed by atoms with van der Waals surface area (Å²) in [4.78, 5) is 29.2. The number of benzene rings is 1. The van der Waals surface area contributed by atoms with E-state index in [1.54, 1.807) is 7.05 Å². The fourth-order valence-corrected chi connectivity index (χ4v) is 3.57. The van der Waals surface area contributed by atoms with E-state index in [4.69, 9.17) is 0 Å². The van der Waals surface area contributed by atoms with Crippen molar-refractivity contribution < 1.29 is 9.59 Å². The van der Waals surface area contributed by atoms with Gasteiger partial charge in [-0.15, -0.1) is 0 Å². The Balaban J connectivity index is 1.99. The highest BCUT2D eigenvalue weighted by atomic mass is 16.2. The number of nitrogens with zero attached hydrogens (tertiary/aromatic N) is 1. The summed E-state index contributed by atoms with van der Waals surface area (Å²) in [5.41, 5.74) is 3.23. The number of hydrogen-bond acceptors (Lipinski definition) is 2. The normalized spacial score (nSPS) is 25.8. The number of likely N-dealkylation sites (tertiary alicyclic amines) is 1. The predicted molar refractivity (Wildman–Crippen MR) is 70.6 cm³/mol. The van der Waals surface area contributed by atoms with Crippen molar-refractivity contribution in [3.8, 4) is 0 Å². The molecule has 2 aromatic rings. The van der Waals surface area contributed by atoms with Crippen LogP contribution in [0.4, 0.5) is 0 Å². The first kappa shape index (κ1) is 10.8. The molecule has 0 bridgehead atoms. The summed E-state index contributed by atoms with van der Waals surface area (Å²) in [7, 11) is 1.59. The number of rotatable bonds is 0. The van der Waals surface area contributed by atoms with Gasteiger partial charge >= 0.3 is 0 Å². The van der Waals surface area contributed by atoms with Gasteiger partial charge in [0.05, 0.1) is 11.8 Å². The third kappa shape index (κ3) is 1.23. The SMILES string of the molecule is CN1C(=O)C2CCc3[nH]c4ccccc4c3C2C1=O. The molecule has 19 heavy (non-hydrogen) atoms. The number of hydrogen-bond donors (Lipinski definition) is 1. The molecular weight excluding hydrogens is 240 g/mol. The molecule has 4 heteroatoms. The van der Waals surface area contributed by atoms with Gasteiger partial charge in [0, 0.05) is 23.6 Å². The van der Waals surface area contributed by atoms with Crippen LogP contribution in [0.2, 0.25) is 0 Å². The largest absolute Gasteiger partial charge is 0.358 e. The molecule has 1 aromatic carbocycles. The number of likely N-dealkylation sites (N-methyl/N-ethyl adjacent to an activating group) is 1. The van der Waals surface area contributed by atoms with Crippen molar-refractivity contribution in [3.63, 3.8) is 0 Å². The predicted octanol–water partition coefficient (Wildman–Crippen LogP) is 1.81. The van der Waals surface area contributed by atoms with E-state index in [1.165, 1.54) is 4.90 Å². The Bertz CT molecular complexity index is 716. The number of carbonyl (C=O) groups is 2. The number of para-hydroxylation sites is 1. The third-order valence-corrected chi connectivity index (χ3v) is 4.49. The van der Waals surface area contributed by atoms with Gasteiger partial charge in [-0.05, 0) is 24.5 Å². The fourth-order valence-electron chi connectivity index (χ4n) is 3.57. The molecule has 1 aliphatic heterocycles. The molecule has 2 heterocycles. The van der Waals surface area contributed by atoms with Crippen molar-refractivity contribution in [2.45, 2.75) is 18.8 Å². The van der Waals surface area contributed by atoms with Crippen LogP contribution in [0.1, 0.15) is 23.6 Å². The van der Waals surface area contributed by atoms with Gasteiger partial charge in [-0.25, -0.2) is 0 Å². The highest BCUT2D eigenvalue weighted by Gasteiger charge is 2.49. The van der Waals surface area contributed by atoms with Gasteiger partial charge in [0.25, 0.3) is 0 Å². The first-order valence-corrected chi connectivity index (χ1v) is 6.59. The van der Waals surface area contributed by atoms with E-state index >= 15 is 0 Å². The first-order valence-electron chi connectivity index (χ1n) is 6.59. The lowest BCUT2D eigenvalue weighted by Crippen LogP contribution is -2.25. The fraction of sp³-hybridized carbons (Fsp3) is 0.333. The van der Waals surface area contributed by atoms with Gasteiger partial charge in [-0.2, -0.15) is 0 Å². The van der Waals surface area contributed by atoms with Gasteiger partial charge in [-0.1, -0.05) is 18.2 Å². The standard InChI is InChI=1S/C15H14N2O2/c1-17-14(18)9-6-7-11-12(13(9)15(17)19)8-4-2-3-5-10(8)16-11/h2-5,9,13,16H,6-7H2,1H3. The Hall–Kier alpha value is -2.10. The van der Waals surface area contributed by atoms with Crippen molar-refractivity contribution in [3.05, 3.63) is 35.5 Å². The molecular formula is C15H14N2O2. The zero-order chi connectivity index (χ0) is 13.1. The quantitative estimate of drug-likeness (QED) is 0.729. The highest BCUT2D eigenvalue weighted by molar-refractivity contribution is 6.09. The van der Waals surface area contributed by atoms with E-state index < -0.39 is 0 Å². The Morgan fingerprint density at radius 1 is 1.21 bits per heavy atom. The maximum Gasteiger partial charge on any atom is 0.237 e. The second-order valence-electron chi connectivity index (χ2n) is 5.42. The second-order valence-corrected chi connectivity index (χ2v) is 5.42. The Labute approximate surface area is 110 Å². The lowest BCUT2D eigenvalue weighted by Gasteiger charge is -2.21. The van der Waals surface area contributed by atoms with Crippen molar-refractivity contribution in [1.29, 1.82) is 0 Å². The monoisotopic (exact) mass is 254 g/mol. The molecule has 1 aliphatic carbocycles. The van der Waals surface area contributed by atoms with E-state index in [0.717, 1.165) is 35.0 Å². The number of imide groups is 1. The lowest BCUT2D eigenvalue weighted by atomic mass is 9.78. The maximum absolute atomic E-state index is 12.3. The van der Waals surface area contributed by atoms with Crippen molar-refractivity contribution in [2.24, 2.45) is 5.92 Å². The molecule has 96 valence electrons. The molecule has 1 saturated heterocycles. The summed E-state index contributed by atoms with van der Waals surface area (Å²) in [6.45, 7) is 0. The molecule has 2 amide bonds. The van der Waals surface area contributed by atoms with Crippen LogP contribution in [0.5, 0.6) is 0 Å². The summed E-state index contributed by atoms with van der Waals surface area (Å²) in [5.74, 6) is -0.520. The van der Waals surface area contributed by atoms with Crippen molar-refractivity contribution >= 4 is 22.7 Å². The minimum atomic E-state index is -0.280. The molecule has 2 aliphatic rings. The van der Waals surface area contributed by atoms with E-state index in [0.29, 0.717) is 0 Å². The molecule has 2 unspecified atom stereocenters. The lowest BCUT2D eigenvalue weighted by molar-refractivity contribution is -0.137. The summed E-state index contributed by atoms with van der Waals surface area (Å²) in [6, 6.07) is 8.01. The van der Waals surface area contributed by atoms with E-state index in [-0.39, 0.29) is 23.7 Å². The summed E-state index contributed by atoms with van der Waals surface area (Å²) >= 11 is 0. The van der Waals surface area contributed by atoms with Gasteiger partial charge in [0.1, 0.15) is 0 Å². The van der Waals surface area contributed by atoms with Gasteiger partial charge in [0.15, 0.2) is 0 Å². The number of H-pyrrole nitrogens is 1.